The minimum Gasteiger partial charge on any atom is -0.481 e. The summed E-state index contributed by atoms with van der Waals surface area (Å²) < 4.78 is 4.72. The molecule has 0 fully saturated rings. The molecule has 0 aliphatic heterocycles. The smallest absolute Gasteiger partial charge is 0.311 e. The Kier molecular flexibility index (Phi) is 25.3. The summed E-state index contributed by atoms with van der Waals surface area (Å²) >= 11 is 0. The van der Waals surface area contributed by atoms with Crippen LogP contribution >= 0.6 is 0 Å². The molecular weight excluding hydrogens is 292 g/mol. The Morgan fingerprint density at radius 3 is 2.25 bits per heavy atom. The minimum atomic E-state index is -0.986. The Labute approximate surface area is 137 Å². The number of hydrogen-bond donors (Lipinski definition) is 1. The predicted molar refractivity (Wildman–Crippen MR) is 76.5 cm³/mol. The largest absolute Gasteiger partial charge is 0.481 e. The molecule has 0 radical (unpaired) electrons. The molecule has 0 heterocycles. The number of carboxylic acid groups (broad SMARTS) is 1. The third-order valence-electron chi connectivity index (χ3n) is 2.06. The normalized spacial score (nSPS) is 9.35. The second-order valence-electron chi connectivity index (χ2n) is 4.18. The average Bonchev–Trinajstić information content (AvgIpc) is 2.36. The van der Waals surface area contributed by atoms with E-state index in [1.807, 2.05) is 20.3 Å². The third-order valence-corrected chi connectivity index (χ3v) is 2.06. The quantitative estimate of drug-likeness (QED) is 0.228. The Balaban J connectivity index is -0.000000657. The van der Waals surface area contributed by atoms with Crippen LogP contribution in [0.2, 0.25) is 0 Å². The minimum absolute atomic E-state index is 0. The van der Waals surface area contributed by atoms with E-state index in [-0.39, 0.29) is 34.6 Å². The molecule has 4 nitrogen and oxygen atoms in total. The Bertz CT molecular complexity index is 252. The summed E-state index contributed by atoms with van der Waals surface area (Å²) in [5, 5.41) is 8.33. The summed E-state index contributed by atoms with van der Waals surface area (Å²) in [6, 6.07) is 0. The number of esters is 1. The van der Waals surface area contributed by atoms with Crippen molar-refractivity contribution in [2.75, 3.05) is 0 Å². The van der Waals surface area contributed by atoms with E-state index in [2.05, 4.69) is 6.92 Å². The van der Waals surface area contributed by atoms with E-state index >= 15 is 0 Å². The van der Waals surface area contributed by atoms with Crippen LogP contribution in [0.5, 0.6) is 0 Å². The van der Waals surface area contributed by atoms with Gasteiger partial charge in [0, 0.05) is 21.7 Å². The van der Waals surface area contributed by atoms with Gasteiger partial charge in [0.05, 0.1) is 19.1 Å². The van der Waals surface area contributed by atoms with Crippen LogP contribution in [-0.4, -0.2) is 17.0 Å². The topological polar surface area (TPSA) is 63.6 Å². The standard InChI is InChI=1S/C12H20O4.C3H7.Ti/c1-2-3-4-5-6-7-10-16-12(15)9-8-11(13)14;1-3-2;/h7,10H,2-6,8-9H2,1H3,(H,13,14);3H,1-2H3;/q;-1;. The predicted octanol–water partition coefficient (Wildman–Crippen LogP) is 4.11. The second-order valence-corrected chi connectivity index (χ2v) is 4.18. The molecule has 5 heteroatoms. The zero-order valence-corrected chi connectivity index (χ0v) is 14.4. The van der Waals surface area contributed by atoms with Crippen LogP contribution in [0.3, 0.4) is 0 Å². The molecule has 0 saturated heterocycles. The van der Waals surface area contributed by atoms with Gasteiger partial charge in [-0.25, -0.2) is 0 Å². The van der Waals surface area contributed by atoms with Crippen molar-refractivity contribution in [1.82, 2.24) is 0 Å². The van der Waals surface area contributed by atoms with Gasteiger partial charge in [-0.2, -0.15) is 13.8 Å². The summed E-state index contributed by atoms with van der Waals surface area (Å²) in [6.45, 7) is 6.15. The van der Waals surface area contributed by atoms with Gasteiger partial charge in [0.15, 0.2) is 0 Å². The zero-order chi connectivity index (χ0) is 14.9. The van der Waals surface area contributed by atoms with Gasteiger partial charge in [-0.1, -0.05) is 26.2 Å². The maximum Gasteiger partial charge on any atom is 0.311 e. The number of rotatable bonds is 9. The third kappa shape index (κ3) is 26.1. The van der Waals surface area contributed by atoms with Crippen LogP contribution in [-0.2, 0) is 36.0 Å². The van der Waals surface area contributed by atoms with Gasteiger partial charge in [0.1, 0.15) is 0 Å². The van der Waals surface area contributed by atoms with Crippen molar-refractivity contribution in [2.45, 2.75) is 65.7 Å². The molecule has 0 rings (SSSR count). The summed E-state index contributed by atoms with van der Waals surface area (Å²) in [5.74, 6) is -1.48. The number of ether oxygens (including phenoxy) is 1. The van der Waals surface area contributed by atoms with Crippen LogP contribution in [0.15, 0.2) is 12.3 Å². The first kappa shape index (κ1) is 24.4. The van der Waals surface area contributed by atoms with Crippen LogP contribution < -0.4 is 0 Å². The Hall–Kier alpha value is -0.606. The maximum absolute atomic E-state index is 10.9. The van der Waals surface area contributed by atoms with Crippen LogP contribution in [0, 0.1) is 6.42 Å². The molecule has 0 aliphatic rings. The fourth-order valence-electron chi connectivity index (χ4n) is 1.15. The van der Waals surface area contributed by atoms with Gasteiger partial charge in [-0.05, 0) is 18.9 Å². The van der Waals surface area contributed by atoms with Gasteiger partial charge >= 0.3 is 11.9 Å². The number of unbranched alkanes of at least 4 members (excludes halogenated alkanes) is 4. The number of hydrogen-bond acceptors (Lipinski definition) is 3. The number of carboxylic acids is 1. The molecule has 116 valence electrons. The number of aliphatic carboxylic acids is 1. The number of carbonyl (C=O) groups excluding carboxylic acids is 1. The number of carbonyl (C=O) groups is 2. The molecule has 0 atom stereocenters. The fraction of sp³-hybridized carbons (Fsp3) is 0.667. The first-order valence-electron chi connectivity index (χ1n) is 6.88. The van der Waals surface area contributed by atoms with E-state index in [0.717, 1.165) is 12.8 Å². The molecule has 0 aliphatic carbocycles. The molecule has 0 spiro atoms. The first-order chi connectivity index (χ1) is 9.08. The SMILES string of the molecule is CCCCCCC=COC(=O)CCC(=O)O.C[CH-]C.[Ti]. The molecule has 20 heavy (non-hydrogen) atoms. The Morgan fingerprint density at radius 2 is 1.75 bits per heavy atom. The van der Waals surface area contributed by atoms with E-state index in [1.54, 1.807) is 6.08 Å². The van der Waals surface area contributed by atoms with Crippen molar-refractivity contribution in [3.8, 4) is 0 Å². The zero-order valence-electron chi connectivity index (χ0n) is 12.9. The average molecular weight is 319 g/mol. The van der Waals surface area contributed by atoms with Crippen molar-refractivity contribution in [3.63, 3.8) is 0 Å². The van der Waals surface area contributed by atoms with E-state index in [1.165, 1.54) is 25.5 Å². The molecule has 0 aromatic heterocycles. The van der Waals surface area contributed by atoms with Crippen molar-refractivity contribution in [1.29, 1.82) is 0 Å². The van der Waals surface area contributed by atoms with E-state index < -0.39 is 11.9 Å². The van der Waals surface area contributed by atoms with Gasteiger partial charge < -0.3 is 16.3 Å². The molecule has 1 N–H and O–H groups in total. The summed E-state index contributed by atoms with van der Waals surface area (Å²) in [4.78, 5) is 21.1. The molecule has 0 saturated carbocycles. The van der Waals surface area contributed by atoms with Crippen LogP contribution in [0.1, 0.15) is 65.7 Å². The van der Waals surface area contributed by atoms with Gasteiger partial charge in [-0.3, -0.25) is 9.59 Å². The summed E-state index contributed by atoms with van der Waals surface area (Å²) in [5.41, 5.74) is 0. The van der Waals surface area contributed by atoms with E-state index in [9.17, 15) is 9.59 Å². The molecule has 0 amide bonds. The summed E-state index contributed by atoms with van der Waals surface area (Å²) in [6.07, 6.45) is 10.5. The van der Waals surface area contributed by atoms with Crippen molar-refractivity contribution in [2.24, 2.45) is 0 Å². The molecular formula is C15H27O4Ti-. The molecule has 0 unspecified atom stereocenters. The van der Waals surface area contributed by atoms with E-state index in [4.69, 9.17) is 9.84 Å². The van der Waals surface area contributed by atoms with Gasteiger partial charge in [0.25, 0.3) is 0 Å². The van der Waals surface area contributed by atoms with Gasteiger partial charge in [0.2, 0.25) is 0 Å². The van der Waals surface area contributed by atoms with Gasteiger partial charge in [-0.15, -0.1) is 0 Å². The Morgan fingerprint density at radius 1 is 1.15 bits per heavy atom. The van der Waals surface area contributed by atoms with Crippen LogP contribution in [0.25, 0.3) is 0 Å². The number of allylic oxidation sites excluding steroid dienone is 1. The van der Waals surface area contributed by atoms with E-state index in [0.29, 0.717) is 0 Å². The fourth-order valence-corrected chi connectivity index (χ4v) is 1.15. The second kappa shape index (κ2) is 20.7. The first-order valence-corrected chi connectivity index (χ1v) is 6.88. The maximum atomic E-state index is 10.9. The summed E-state index contributed by atoms with van der Waals surface area (Å²) in [7, 11) is 0. The van der Waals surface area contributed by atoms with Crippen molar-refractivity contribution >= 4 is 11.9 Å². The monoisotopic (exact) mass is 319 g/mol. The van der Waals surface area contributed by atoms with Crippen molar-refractivity contribution in [3.05, 3.63) is 18.8 Å². The molecule has 0 bridgehead atoms. The molecule has 0 aromatic rings. The van der Waals surface area contributed by atoms with Crippen LogP contribution in [0.4, 0.5) is 0 Å². The van der Waals surface area contributed by atoms with Crippen molar-refractivity contribution < 1.29 is 41.2 Å². The molecule has 0 aromatic carbocycles.